The minimum absolute atomic E-state index is 0.0641. The average molecular weight is 451 g/mol. The zero-order valence-electron chi connectivity index (χ0n) is 18.3. The average Bonchev–Trinajstić information content (AvgIpc) is 2.65. The van der Waals surface area contributed by atoms with Crippen LogP contribution >= 0.6 is 0 Å². The molecular weight excluding hydrogens is 419 g/mol. The molecule has 1 unspecified atom stereocenters. The van der Waals surface area contributed by atoms with Crippen LogP contribution in [0.25, 0.3) is 0 Å². The van der Waals surface area contributed by atoms with E-state index < -0.39 is 27.6 Å². The molecule has 0 aliphatic heterocycles. The van der Waals surface area contributed by atoms with Crippen LogP contribution in [0.4, 0.5) is 10.1 Å². The van der Waals surface area contributed by atoms with Gasteiger partial charge in [0.25, 0.3) is 0 Å². The standard InChI is InChI=1S/C23H31FN2O4S/c1-13(2)20(21(27)25-19-9-17(31(3,29)30)4-5-18(19)24)26-22(28)23-10-14-6-15(11-23)8-16(7-14)12-23/h4-5,9,13-16,20H,6-8,10-12H2,1-3H3,(H,25,27)(H,26,28). The minimum atomic E-state index is -3.55. The van der Waals surface area contributed by atoms with Crippen LogP contribution < -0.4 is 10.6 Å². The van der Waals surface area contributed by atoms with Crippen LogP contribution in [-0.2, 0) is 19.4 Å². The van der Waals surface area contributed by atoms with Gasteiger partial charge in [0.15, 0.2) is 9.84 Å². The number of carbonyl (C=O) groups is 2. The molecule has 1 aromatic carbocycles. The number of rotatable bonds is 6. The monoisotopic (exact) mass is 450 g/mol. The lowest BCUT2D eigenvalue weighted by molar-refractivity contribution is -0.148. The van der Waals surface area contributed by atoms with Gasteiger partial charge in [0.05, 0.1) is 10.6 Å². The third-order valence-corrected chi connectivity index (χ3v) is 8.49. The molecule has 0 radical (unpaired) electrons. The number of halogens is 1. The zero-order chi connectivity index (χ0) is 22.6. The molecule has 8 heteroatoms. The Kier molecular flexibility index (Phi) is 5.65. The van der Waals surface area contributed by atoms with Crippen molar-refractivity contribution in [2.24, 2.45) is 29.1 Å². The van der Waals surface area contributed by atoms with Gasteiger partial charge in [-0.25, -0.2) is 12.8 Å². The fraction of sp³-hybridized carbons (Fsp3) is 0.652. The summed E-state index contributed by atoms with van der Waals surface area (Å²) >= 11 is 0. The number of anilines is 1. The van der Waals surface area contributed by atoms with Crippen molar-refractivity contribution in [2.75, 3.05) is 11.6 Å². The Hall–Kier alpha value is -1.96. The number of hydrogen-bond donors (Lipinski definition) is 2. The van der Waals surface area contributed by atoms with Gasteiger partial charge in [0.2, 0.25) is 11.8 Å². The molecule has 4 saturated carbocycles. The van der Waals surface area contributed by atoms with Crippen LogP contribution in [0, 0.1) is 34.9 Å². The summed E-state index contributed by atoms with van der Waals surface area (Å²) in [5.41, 5.74) is -0.591. The number of nitrogens with one attached hydrogen (secondary N) is 2. The van der Waals surface area contributed by atoms with Crippen molar-refractivity contribution in [3.8, 4) is 0 Å². The van der Waals surface area contributed by atoms with Gasteiger partial charge in [-0.05, 0) is 80.4 Å². The first kappa shape index (κ1) is 22.2. The lowest BCUT2D eigenvalue weighted by Crippen LogP contribution is -2.57. The second-order valence-corrected chi connectivity index (χ2v) is 12.3. The maximum absolute atomic E-state index is 14.3. The first-order valence-corrected chi connectivity index (χ1v) is 13.0. The molecule has 31 heavy (non-hydrogen) atoms. The van der Waals surface area contributed by atoms with Crippen molar-refractivity contribution in [2.45, 2.75) is 63.3 Å². The predicted molar refractivity (Wildman–Crippen MR) is 116 cm³/mol. The molecule has 170 valence electrons. The van der Waals surface area contributed by atoms with E-state index in [1.54, 1.807) is 0 Å². The van der Waals surface area contributed by atoms with E-state index >= 15 is 0 Å². The summed E-state index contributed by atoms with van der Waals surface area (Å²) in [5, 5.41) is 5.46. The van der Waals surface area contributed by atoms with Crippen LogP contribution in [-0.4, -0.2) is 32.5 Å². The Labute approximate surface area is 183 Å². The molecular formula is C23H31FN2O4S. The maximum atomic E-state index is 14.3. The highest BCUT2D eigenvalue weighted by Gasteiger charge is 2.55. The topological polar surface area (TPSA) is 92.3 Å². The molecule has 4 aliphatic carbocycles. The zero-order valence-corrected chi connectivity index (χ0v) is 19.1. The number of hydrogen-bond acceptors (Lipinski definition) is 4. The van der Waals surface area contributed by atoms with Gasteiger partial charge < -0.3 is 10.6 Å². The number of sulfone groups is 1. The van der Waals surface area contributed by atoms with Crippen LogP contribution in [0.5, 0.6) is 0 Å². The van der Waals surface area contributed by atoms with E-state index in [9.17, 15) is 22.4 Å². The molecule has 4 bridgehead atoms. The van der Waals surface area contributed by atoms with Gasteiger partial charge in [-0.2, -0.15) is 0 Å². The van der Waals surface area contributed by atoms with Crippen molar-refractivity contribution in [3.05, 3.63) is 24.0 Å². The van der Waals surface area contributed by atoms with E-state index in [0.717, 1.165) is 43.7 Å². The Morgan fingerprint density at radius 2 is 1.61 bits per heavy atom. The molecule has 0 aromatic heterocycles. The van der Waals surface area contributed by atoms with Gasteiger partial charge in [-0.15, -0.1) is 0 Å². The fourth-order valence-electron chi connectivity index (χ4n) is 6.26. The maximum Gasteiger partial charge on any atom is 0.247 e. The summed E-state index contributed by atoms with van der Waals surface area (Å²) in [5.74, 6) is 0.279. The molecule has 2 N–H and O–H groups in total. The Morgan fingerprint density at radius 1 is 1.06 bits per heavy atom. The largest absolute Gasteiger partial charge is 0.344 e. The van der Waals surface area contributed by atoms with Crippen LogP contribution in [0.3, 0.4) is 0 Å². The molecule has 1 atom stereocenters. The van der Waals surface area contributed by atoms with E-state index in [4.69, 9.17) is 0 Å². The van der Waals surface area contributed by atoms with Gasteiger partial charge in [-0.1, -0.05) is 13.8 Å². The van der Waals surface area contributed by atoms with Gasteiger partial charge >= 0.3 is 0 Å². The summed E-state index contributed by atoms with van der Waals surface area (Å²) in [6, 6.07) is 2.46. The fourth-order valence-corrected chi connectivity index (χ4v) is 6.91. The summed E-state index contributed by atoms with van der Waals surface area (Å²) in [6.07, 6.45) is 7.35. The highest BCUT2D eigenvalue weighted by atomic mass is 32.2. The third kappa shape index (κ3) is 4.36. The molecule has 2 amide bonds. The molecule has 4 aliphatic rings. The van der Waals surface area contributed by atoms with Crippen molar-refractivity contribution >= 4 is 27.3 Å². The van der Waals surface area contributed by atoms with Crippen molar-refractivity contribution in [3.63, 3.8) is 0 Å². The minimum Gasteiger partial charge on any atom is -0.344 e. The summed E-state index contributed by atoms with van der Waals surface area (Å²) in [7, 11) is -3.55. The Morgan fingerprint density at radius 3 is 2.10 bits per heavy atom. The molecule has 6 nitrogen and oxygen atoms in total. The number of amides is 2. The van der Waals surface area contributed by atoms with E-state index in [0.29, 0.717) is 17.8 Å². The second-order valence-electron chi connectivity index (χ2n) is 10.3. The van der Waals surface area contributed by atoms with E-state index in [-0.39, 0.29) is 27.8 Å². The Balaban J connectivity index is 1.51. The number of carbonyl (C=O) groups excluding carboxylic acids is 2. The molecule has 0 spiro atoms. The molecule has 5 rings (SSSR count). The molecule has 4 fully saturated rings. The molecule has 0 saturated heterocycles. The van der Waals surface area contributed by atoms with Crippen LogP contribution in [0.15, 0.2) is 23.1 Å². The SMILES string of the molecule is CC(C)C(NC(=O)C12CC3CC(CC(C3)C1)C2)C(=O)Nc1cc(S(C)(=O)=O)ccc1F. The van der Waals surface area contributed by atoms with Crippen LogP contribution in [0.1, 0.15) is 52.4 Å². The van der Waals surface area contributed by atoms with E-state index in [1.165, 1.54) is 19.3 Å². The van der Waals surface area contributed by atoms with Gasteiger partial charge in [0, 0.05) is 11.7 Å². The predicted octanol–water partition coefficient (Wildman–Crippen LogP) is 3.52. The van der Waals surface area contributed by atoms with E-state index in [2.05, 4.69) is 10.6 Å². The van der Waals surface area contributed by atoms with Gasteiger partial charge in [0.1, 0.15) is 11.9 Å². The van der Waals surface area contributed by atoms with Crippen molar-refractivity contribution in [1.29, 1.82) is 0 Å². The van der Waals surface area contributed by atoms with Crippen molar-refractivity contribution in [1.82, 2.24) is 5.32 Å². The first-order valence-electron chi connectivity index (χ1n) is 11.1. The van der Waals surface area contributed by atoms with Crippen LogP contribution in [0.2, 0.25) is 0 Å². The normalized spacial score (nSPS) is 30.3. The first-order chi connectivity index (χ1) is 14.5. The highest BCUT2D eigenvalue weighted by Crippen LogP contribution is 2.60. The molecule has 0 heterocycles. The van der Waals surface area contributed by atoms with E-state index in [1.807, 2.05) is 13.8 Å². The Bertz CT molecular complexity index is 970. The smallest absolute Gasteiger partial charge is 0.247 e. The highest BCUT2D eigenvalue weighted by molar-refractivity contribution is 7.90. The summed E-state index contributed by atoms with van der Waals surface area (Å²) in [6.45, 7) is 3.65. The summed E-state index contributed by atoms with van der Waals surface area (Å²) < 4.78 is 37.8. The second kappa shape index (κ2) is 7.87. The quantitative estimate of drug-likeness (QED) is 0.649. The lowest BCUT2D eigenvalue weighted by Gasteiger charge is -2.55. The van der Waals surface area contributed by atoms with Crippen molar-refractivity contribution < 1.29 is 22.4 Å². The lowest BCUT2D eigenvalue weighted by atomic mass is 9.49. The van der Waals surface area contributed by atoms with Gasteiger partial charge in [-0.3, -0.25) is 9.59 Å². The summed E-state index contributed by atoms with van der Waals surface area (Å²) in [4.78, 5) is 26.3. The molecule has 1 aromatic rings. The number of benzene rings is 1. The third-order valence-electron chi connectivity index (χ3n) is 7.38.